The maximum Gasteiger partial charge on any atom is 0.379 e. The number of hydrogen-bond acceptors (Lipinski definition) is 5. The van der Waals surface area contributed by atoms with E-state index in [-0.39, 0.29) is 12.3 Å². The summed E-state index contributed by atoms with van der Waals surface area (Å²) in [5.41, 5.74) is 5.02. The molecule has 0 unspecified atom stereocenters. The molecule has 0 aliphatic carbocycles. The summed E-state index contributed by atoms with van der Waals surface area (Å²) in [7, 11) is 0. The van der Waals surface area contributed by atoms with Gasteiger partial charge in [-0.15, -0.1) is 0 Å². The third-order valence-corrected chi connectivity index (χ3v) is 1.03. The maximum absolute atomic E-state index is 10.8. The quantitative estimate of drug-likeness (QED) is 0.251. The number of rotatable bonds is 5. The fraction of sp³-hybridized carbons (Fsp3) is 0.250. The number of nitrogens with two attached hydrogens (primary N) is 1. The third kappa shape index (κ3) is 4.76. The predicted molar refractivity (Wildman–Crippen MR) is 45.5 cm³/mol. The molecule has 3 N–H and O–H groups in total. The van der Waals surface area contributed by atoms with E-state index in [2.05, 4.69) is 11.3 Å². The maximum atomic E-state index is 10.8. The molecule has 0 rings (SSSR count). The number of carbonyl (C=O) groups excluding carboxylic acids is 2. The zero-order valence-electron chi connectivity index (χ0n) is 7.03. The second-order valence-electron chi connectivity index (χ2n) is 2.13. The molecule has 0 fully saturated rings. The molecule has 0 aromatic heterocycles. The van der Waals surface area contributed by atoms with Crippen molar-refractivity contribution in [3.63, 3.8) is 0 Å². The Bertz CT molecular complexity index is 245. The van der Waals surface area contributed by atoms with E-state index >= 15 is 0 Å². The molecule has 0 saturated heterocycles. The summed E-state index contributed by atoms with van der Waals surface area (Å²) in [4.78, 5) is 21.6. The first kappa shape index (κ1) is 11.4. The van der Waals surface area contributed by atoms with Crippen LogP contribution in [-0.2, 0) is 14.3 Å². The molecule has 0 aromatic rings. The highest BCUT2D eigenvalue weighted by Crippen LogP contribution is 1.87. The number of ketones is 1. The van der Waals surface area contributed by atoms with Gasteiger partial charge in [0, 0.05) is 11.8 Å². The lowest BCUT2D eigenvalue weighted by atomic mass is 10.3. The Kier molecular flexibility index (Phi) is 5.22. The molecule has 72 valence electrons. The van der Waals surface area contributed by atoms with Crippen LogP contribution in [0.5, 0.6) is 0 Å². The molecule has 0 radical (unpaired) electrons. The van der Waals surface area contributed by atoms with Gasteiger partial charge in [0.25, 0.3) is 5.78 Å². The first-order valence-electron chi connectivity index (χ1n) is 3.50. The van der Waals surface area contributed by atoms with Crippen LogP contribution in [0.25, 0.3) is 0 Å². The van der Waals surface area contributed by atoms with Crippen molar-refractivity contribution in [2.24, 2.45) is 5.73 Å². The van der Waals surface area contributed by atoms with Gasteiger partial charge in [0.05, 0.1) is 6.61 Å². The van der Waals surface area contributed by atoms with Crippen LogP contribution in [0, 0.1) is 0 Å². The number of carbonyl (C=O) groups is 2. The van der Waals surface area contributed by atoms with E-state index in [1.165, 1.54) is 6.08 Å². The Morgan fingerprint density at radius 3 is 2.62 bits per heavy atom. The van der Waals surface area contributed by atoms with E-state index in [0.717, 1.165) is 6.08 Å². The molecule has 0 aliphatic rings. The molecule has 0 bridgehead atoms. The van der Waals surface area contributed by atoms with Gasteiger partial charge in [-0.3, -0.25) is 4.79 Å². The minimum absolute atomic E-state index is 0.0303. The summed E-state index contributed by atoms with van der Waals surface area (Å²) in [6, 6.07) is 0. The second-order valence-corrected chi connectivity index (χ2v) is 2.13. The minimum Gasteiger partial charge on any atom is -0.455 e. The van der Waals surface area contributed by atoms with Crippen molar-refractivity contribution in [3.05, 3.63) is 24.4 Å². The molecule has 13 heavy (non-hydrogen) atoms. The molecule has 5 heteroatoms. The first-order valence-corrected chi connectivity index (χ1v) is 3.50. The first-order chi connectivity index (χ1) is 6.11. The van der Waals surface area contributed by atoms with Gasteiger partial charge >= 0.3 is 5.97 Å². The van der Waals surface area contributed by atoms with Crippen molar-refractivity contribution in [1.82, 2.24) is 0 Å². The van der Waals surface area contributed by atoms with Crippen LogP contribution in [0.2, 0.25) is 0 Å². The Balaban J connectivity index is 4.11. The Morgan fingerprint density at radius 2 is 2.15 bits per heavy atom. The molecule has 0 aromatic carbocycles. The molecule has 0 amide bonds. The van der Waals surface area contributed by atoms with Gasteiger partial charge < -0.3 is 15.6 Å². The molecule has 0 aliphatic heterocycles. The number of aliphatic hydroxyl groups excluding tert-OH is 1. The van der Waals surface area contributed by atoms with Crippen LogP contribution >= 0.6 is 0 Å². The van der Waals surface area contributed by atoms with Gasteiger partial charge in [-0.1, -0.05) is 12.7 Å². The number of aliphatic hydroxyl groups is 1. The molecule has 0 spiro atoms. The van der Waals surface area contributed by atoms with Crippen molar-refractivity contribution in [2.45, 2.75) is 0 Å². The van der Waals surface area contributed by atoms with E-state index < -0.39 is 18.4 Å². The monoisotopic (exact) mass is 185 g/mol. The zero-order chi connectivity index (χ0) is 10.3. The highest BCUT2D eigenvalue weighted by Gasteiger charge is 2.11. The van der Waals surface area contributed by atoms with Gasteiger partial charge in [0.15, 0.2) is 0 Å². The highest BCUT2D eigenvalue weighted by atomic mass is 16.5. The molecular weight excluding hydrogens is 174 g/mol. The normalized spacial score (nSPS) is 10.7. The number of esters is 1. The lowest BCUT2D eigenvalue weighted by molar-refractivity contribution is -0.150. The van der Waals surface area contributed by atoms with Crippen LogP contribution in [0.15, 0.2) is 24.4 Å². The van der Waals surface area contributed by atoms with Crippen molar-refractivity contribution >= 4 is 11.8 Å². The van der Waals surface area contributed by atoms with Gasteiger partial charge in [-0.25, -0.2) is 4.79 Å². The largest absolute Gasteiger partial charge is 0.455 e. The Labute approximate surface area is 75.5 Å². The van der Waals surface area contributed by atoms with Crippen LogP contribution in [-0.4, -0.2) is 30.1 Å². The fourth-order valence-electron chi connectivity index (χ4n) is 0.479. The second kappa shape index (κ2) is 5.96. The van der Waals surface area contributed by atoms with Crippen LogP contribution in [0.4, 0.5) is 0 Å². The van der Waals surface area contributed by atoms with Crippen LogP contribution in [0.1, 0.15) is 0 Å². The molecule has 0 heterocycles. The number of ether oxygens (including phenoxy) is 1. The summed E-state index contributed by atoms with van der Waals surface area (Å²) in [6.07, 6.45) is 2.16. The van der Waals surface area contributed by atoms with E-state index in [1.54, 1.807) is 0 Å². The SMILES string of the molecule is C=CCOC(=O)C(=O)C=C(N)CO. The number of hydrogen-bond donors (Lipinski definition) is 2. The average molecular weight is 185 g/mol. The summed E-state index contributed by atoms with van der Waals surface area (Å²) in [5.74, 6) is -1.91. The fourth-order valence-corrected chi connectivity index (χ4v) is 0.479. The van der Waals surface area contributed by atoms with Gasteiger partial charge in [0.1, 0.15) is 6.61 Å². The standard InChI is InChI=1S/C8H11NO4/c1-2-3-13-8(12)7(11)4-6(9)5-10/h2,4,10H,1,3,5,9H2. The van der Waals surface area contributed by atoms with E-state index in [9.17, 15) is 9.59 Å². The summed E-state index contributed by atoms with van der Waals surface area (Å²) >= 11 is 0. The predicted octanol–water partition coefficient (Wildman–Crippen LogP) is -0.880. The Morgan fingerprint density at radius 1 is 1.54 bits per heavy atom. The summed E-state index contributed by atoms with van der Waals surface area (Å²) in [6.45, 7) is 2.80. The molecular formula is C8H11NO4. The topological polar surface area (TPSA) is 89.6 Å². The van der Waals surface area contributed by atoms with Gasteiger partial charge in [0.2, 0.25) is 0 Å². The molecule has 0 atom stereocenters. The van der Waals surface area contributed by atoms with Crippen molar-refractivity contribution < 1.29 is 19.4 Å². The highest BCUT2D eigenvalue weighted by molar-refractivity contribution is 6.38. The minimum atomic E-state index is -1.02. The van der Waals surface area contributed by atoms with Crippen molar-refractivity contribution in [3.8, 4) is 0 Å². The van der Waals surface area contributed by atoms with Crippen molar-refractivity contribution in [1.29, 1.82) is 0 Å². The third-order valence-electron chi connectivity index (χ3n) is 1.03. The van der Waals surface area contributed by atoms with E-state index in [1.807, 2.05) is 0 Å². The lowest BCUT2D eigenvalue weighted by Crippen LogP contribution is -2.17. The van der Waals surface area contributed by atoms with E-state index in [0.29, 0.717) is 0 Å². The summed E-state index contributed by atoms with van der Waals surface area (Å²) in [5, 5.41) is 8.43. The van der Waals surface area contributed by atoms with Crippen molar-refractivity contribution in [2.75, 3.05) is 13.2 Å². The lowest BCUT2D eigenvalue weighted by Gasteiger charge is -1.97. The summed E-state index contributed by atoms with van der Waals surface area (Å²) < 4.78 is 4.41. The smallest absolute Gasteiger partial charge is 0.379 e. The van der Waals surface area contributed by atoms with Crippen LogP contribution < -0.4 is 5.73 Å². The van der Waals surface area contributed by atoms with E-state index in [4.69, 9.17) is 10.8 Å². The molecule has 0 saturated carbocycles. The average Bonchev–Trinajstić information content (AvgIpc) is 2.13. The van der Waals surface area contributed by atoms with Gasteiger partial charge in [-0.05, 0) is 0 Å². The zero-order valence-corrected chi connectivity index (χ0v) is 7.03. The Hall–Kier alpha value is -1.62. The molecule has 5 nitrogen and oxygen atoms in total. The van der Waals surface area contributed by atoms with Gasteiger partial charge in [-0.2, -0.15) is 0 Å². The van der Waals surface area contributed by atoms with Crippen LogP contribution in [0.3, 0.4) is 0 Å².